The second-order valence-electron chi connectivity index (χ2n) is 6.46. The molecule has 3 N–H and O–H groups in total. The fourth-order valence-electron chi connectivity index (χ4n) is 3.21. The molecule has 3 atom stereocenters. The van der Waals surface area contributed by atoms with Gasteiger partial charge in [0, 0.05) is 6.42 Å². The fourth-order valence-corrected chi connectivity index (χ4v) is 4.06. The molecule has 0 amide bonds. The zero-order valence-electron chi connectivity index (χ0n) is 15.4. The lowest BCUT2D eigenvalue weighted by Gasteiger charge is -2.19. The minimum Gasteiger partial charge on any atom is -0.426 e. The molecule has 1 aliphatic heterocycles. The topological polar surface area (TPSA) is 139 Å². The summed E-state index contributed by atoms with van der Waals surface area (Å²) < 4.78 is 17.9. The second kappa shape index (κ2) is 7.68. The molecular formula is C18H18N4O6S. The summed E-state index contributed by atoms with van der Waals surface area (Å²) in [4.78, 5) is 42.9. The molecule has 11 heteroatoms. The maximum atomic E-state index is 12.6. The first-order valence-electron chi connectivity index (χ1n) is 8.96. The lowest BCUT2D eigenvalue weighted by atomic mass is 10.1. The van der Waals surface area contributed by atoms with E-state index in [0.717, 1.165) is 11.3 Å². The van der Waals surface area contributed by atoms with Crippen LogP contribution in [0.3, 0.4) is 0 Å². The molecule has 152 valence electrons. The number of nitrogens with zero attached hydrogens (tertiary/aromatic N) is 2. The highest BCUT2D eigenvalue weighted by Crippen LogP contribution is 2.34. The van der Waals surface area contributed by atoms with Crippen molar-refractivity contribution < 1.29 is 19.0 Å². The van der Waals surface area contributed by atoms with Gasteiger partial charge in [0.05, 0.1) is 6.10 Å². The Kier molecular flexibility index (Phi) is 5.07. The summed E-state index contributed by atoms with van der Waals surface area (Å²) in [6.45, 7) is 1.92. The van der Waals surface area contributed by atoms with Crippen LogP contribution in [-0.2, 0) is 9.47 Å². The van der Waals surface area contributed by atoms with Gasteiger partial charge in [-0.25, -0.2) is 4.79 Å². The Labute approximate surface area is 167 Å². The highest BCUT2D eigenvalue weighted by atomic mass is 32.1. The number of benzene rings is 1. The summed E-state index contributed by atoms with van der Waals surface area (Å²) in [6.07, 6.45) is -1.88. The van der Waals surface area contributed by atoms with Crippen molar-refractivity contribution in [1.82, 2.24) is 14.5 Å². The number of hydrogen-bond acceptors (Lipinski definition) is 9. The fraction of sp³-hybridized carbons (Fsp3) is 0.333. The lowest BCUT2D eigenvalue weighted by Crippen LogP contribution is -2.31. The maximum Gasteiger partial charge on any atom is 0.514 e. The zero-order valence-corrected chi connectivity index (χ0v) is 16.2. The predicted molar refractivity (Wildman–Crippen MR) is 105 cm³/mol. The average molecular weight is 418 g/mol. The van der Waals surface area contributed by atoms with Gasteiger partial charge in [-0.3, -0.25) is 19.1 Å². The van der Waals surface area contributed by atoms with Crippen LogP contribution >= 0.6 is 11.3 Å². The highest BCUT2D eigenvalue weighted by Gasteiger charge is 2.41. The number of rotatable bonds is 4. The maximum absolute atomic E-state index is 12.6. The van der Waals surface area contributed by atoms with E-state index in [4.69, 9.17) is 19.9 Å². The Morgan fingerprint density at radius 3 is 2.86 bits per heavy atom. The normalized spacial score (nSPS) is 21.3. The van der Waals surface area contributed by atoms with Gasteiger partial charge in [0.25, 0.3) is 5.56 Å². The van der Waals surface area contributed by atoms with E-state index >= 15 is 0 Å². The summed E-state index contributed by atoms with van der Waals surface area (Å²) >= 11 is 0.727. The van der Waals surface area contributed by atoms with E-state index in [-0.39, 0.29) is 22.4 Å². The smallest absolute Gasteiger partial charge is 0.426 e. The summed E-state index contributed by atoms with van der Waals surface area (Å²) in [6, 6.07) is 8.48. The third kappa shape index (κ3) is 3.74. The molecule has 1 aliphatic rings. The van der Waals surface area contributed by atoms with Gasteiger partial charge < -0.3 is 19.9 Å². The van der Waals surface area contributed by atoms with Crippen LogP contribution in [0.4, 0.5) is 10.7 Å². The standard InChI is InChI=1S/C18H18N4O6S/c1-2-9-8-11(28-18(25)27-10-6-4-3-5-7-10)15(26-9)22-13-12(29-17(22)24)14(23)21-16(19)20-13/h3-7,9,11,15H,2,8H2,1H3,(H3,19,20,21,23)/t9-,11-,15-/m1/s1. The van der Waals surface area contributed by atoms with E-state index < -0.39 is 28.9 Å². The highest BCUT2D eigenvalue weighted by molar-refractivity contribution is 7.16. The molecule has 10 nitrogen and oxygen atoms in total. The van der Waals surface area contributed by atoms with Crippen LogP contribution in [0.1, 0.15) is 26.0 Å². The second-order valence-corrected chi connectivity index (χ2v) is 7.42. The van der Waals surface area contributed by atoms with Gasteiger partial charge in [-0.05, 0) is 18.6 Å². The lowest BCUT2D eigenvalue weighted by molar-refractivity contribution is -0.0479. The Balaban J connectivity index is 1.66. The number of carbonyl (C=O) groups excluding carboxylic acids is 1. The first-order valence-corrected chi connectivity index (χ1v) is 9.77. The number of thiazole rings is 1. The van der Waals surface area contributed by atoms with Crippen molar-refractivity contribution in [3.8, 4) is 5.75 Å². The minimum atomic E-state index is -0.946. The number of aromatic amines is 1. The Morgan fingerprint density at radius 2 is 2.14 bits per heavy atom. The van der Waals surface area contributed by atoms with Gasteiger partial charge in [-0.1, -0.05) is 36.5 Å². The van der Waals surface area contributed by atoms with E-state index in [1.165, 1.54) is 4.57 Å². The molecular weight excluding hydrogens is 400 g/mol. The molecule has 0 radical (unpaired) electrons. The summed E-state index contributed by atoms with van der Waals surface area (Å²) in [5.41, 5.74) is 5.21. The zero-order chi connectivity index (χ0) is 20.5. The number of nitrogens with two attached hydrogens (primary N) is 1. The van der Waals surface area contributed by atoms with Gasteiger partial charge >= 0.3 is 11.0 Å². The molecule has 0 bridgehead atoms. The molecule has 2 aromatic heterocycles. The Bertz CT molecular complexity index is 1150. The van der Waals surface area contributed by atoms with Gasteiger partial charge in [0.15, 0.2) is 18.0 Å². The van der Waals surface area contributed by atoms with Crippen LogP contribution in [0.25, 0.3) is 10.3 Å². The Morgan fingerprint density at radius 1 is 1.38 bits per heavy atom. The van der Waals surface area contributed by atoms with Crippen LogP contribution in [-0.4, -0.2) is 32.9 Å². The van der Waals surface area contributed by atoms with Crippen molar-refractivity contribution in [2.24, 2.45) is 0 Å². The number of ether oxygens (including phenoxy) is 3. The third-order valence-electron chi connectivity index (χ3n) is 4.54. The summed E-state index contributed by atoms with van der Waals surface area (Å²) in [5, 5.41) is 0. The number of para-hydroxylation sites is 1. The van der Waals surface area contributed by atoms with E-state index in [9.17, 15) is 14.4 Å². The number of anilines is 1. The molecule has 1 saturated heterocycles. The predicted octanol–water partition coefficient (Wildman–Crippen LogP) is 2.01. The summed E-state index contributed by atoms with van der Waals surface area (Å²) in [7, 11) is 0. The van der Waals surface area contributed by atoms with E-state index in [1.807, 2.05) is 6.92 Å². The van der Waals surface area contributed by atoms with Gasteiger partial charge in [-0.15, -0.1) is 0 Å². The molecule has 0 saturated carbocycles. The van der Waals surface area contributed by atoms with Crippen molar-refractivity contribution in [1.29, 1.82) is 0 Å². The van der Waals surface area contributed by atoms with Crippen LogP contribution in [0.2, 0.25) is 0 Å². The van der Waals surface area contributed by atoms with Crippen molar-refractivity contribution in [3.05, 3.63) is 50.4 Å². The molecule has 4 rings (SSSR count). The summed E-state index contributed by atoms with van der Waals surface area (Å²) in [5.74, 6) is 0.208. The van der Waals surface area contributed by atoms with Crippen LogP contribution in [0.15, 0.2) is 39.9 Å². The first kappa shape index (κ1) is 19.2. The molecule has 3 aromatic rings. The molecule has 1 fully saturated rings. The molecule has 0 unspecified atom stereocenters. The van der Waals surface area contributed by atoms with Gasteiger partial charge in [0.2, 0.25) is 5.95 Å². The number of fused-ring (bicyclic) bond motifs is 1. The Hall–Kier alpha value is -3.18. The first-order chi connectivity index (χ1) is 14.0. The molecule has 29 heavy (non-hydrogen) atoms. The molecule has 1 aromatic carbocycles. The monoisotopic (exact) mass is 418 g/mol. The molecule has 0 aliphatic carbocycles. The van der Waals surface area contributed by atoms with Crippen LogP contribution in [0, 0.1) is 0 Å². The number of carbonyl (C=O) groups is 1. The average Bonchev–Trinajstić information content (AvgIpc) is 3.22. The van der Waals surface area contributed by atoms with Gasteiger partial charge in [0.1, 0.15) is 10.4 Å². The molecule has 0 spiro atoms. The number of nitrogen functional groups attached to an aromatic ring is 1. The van der Waals surface area contributed by atoms with E-state index in [1.54, 1.807) is 30.3 Å². The van der Waals surface area contributed by atoms with Crippen molar-refractivity contribution in [3.63, 3.8) is 0 Å². The number of hydrogen-bond donors (Lipinski definition) is 2. The SMILES string of the molecule is CC[C@@H]1C[C@@H](OC(=O)Oc2ccccc2)[C@H](n2c(=O)sc3c(=O)[nH]c(N)nc32)O1. The quantitative estimate of drug-likeness (QED) is 0.485. The largest absolute Gasteiger partial charge is 0.514 e. The van der Waals surface area contributed by atoms with Gasteiger partial charge in [-0.2, -0.15) is 4.98 Å². The van der Waals surface area contributed by atoms with Crippen molar-refractivity contribution in [2.75, 3.05) is 5.73 Å². The van der Waals surface area contributed by atoms with Crippen LogP contribution < -0.4 is 20.9 Å². The number of H-pyrrole nitrogens is 1. The van der Waals surface area contributed by atoms with Crippen molar-refractivity contribution >= 4 is 33.8 Å². The molecule has 3 heterocycles. The van der Waals surface area contributed by atoms with Crippen molar-refractivity contribution in [2.45, 2.75) is 38.2 Å². The minimum absolute atomic E-state index is 0.0908. The number of nitrogens with one attached hydrogen (secondary N) is 1. The number of aromatic nitrogens is 3. The van der Waals surface area contributed by atoms with E-state index in [2.05, 4.69) is 9.97 Å². The third-order valence-corrected chi connectivity index (χ3v) is 5.48. The van der Waals surface area contributed by atoms with Crippen LogP contribution in [0.5, 0.6) is 5.75 Å². The van der Waals surface area contributed by atoms with E-state index in [0.29, 0.717) is 18.6 Å².